The van der Waals surface area contributed by atoms with Gasteiger partial charge in [0.15, 0.2) is 11.5 Å². The number of ether oxygens (including phenoxy) is 1. The Kier molecular flexibility index (Phi) is 7.41. The molecule has 0 aromatic carbocycles. The maximum atomic E-state index is 13.9. The number of rotatable bonds is 6. The number of pyridine rings is 2. The van der Waals surface area contributed by atoms with Gasteiger partial charge in [-0.3, -0.25) is 15.1 Å². The Morgan fingerprint density at radius 1 is 1.00 bits per heavy atom. The summed E-state index contributed by atoms with van der Waals surface area (Å²) in [6.07, 6.45) is -3.56. The van der Waals surface area contributed by atoms with Crippen molar-refractivity contribution in [2.75, 3.05) is 10.6 Å². The first-order valence-corrected chi connectivity index (χ1v) is 10.8. The summed E-state index contributed by atoms with van der Waals surface area (Å²) in [5.74, 6) is -3.91. The van der Waals surface area contributed by atoms with Crippen molar-refractivity contribution in [2.24, 2.45) is 7.05 Å². The number of hydrogen-bond acceptors (Lipinski definition) is 9. The van der Waals surface area contributed by atoms with Gasteiger partial charge in [0.2, 0.25) is 11.8 Å². The minimum atomic E-state index is -4.74. The second-order valence-corrected chi connectivity index (χ2v) is 7.80. The molecular weight excluding hydrogens is 533 g/mol. The van der Waals surface area contributed by atoms with Crippen LogP contribution < -0.4 is 10.6 Å². The number of hydrogen-bond donors (Lipinski definition) is 2. The molecule has 0 radical (unpaired) electrons. The summed E-state index contributed by atoms with van der Waals surface area (Å²) >= 11 is 0. The molecule has 0 saturated carbocycles. The summed E-state index contributed by atoms with van der Waals surface area (Å²) in [6.45, 7) is 1.33. The molecule has 0 bridgehead atoms. The van der Waals surface area contributed by atoms with Gasteiger partial charge in [0.1, 0.15) is 11.9 Å². The molecule has 2 N–H and O–H groups in total. The average molecular weight is 549 g/mol. The lowest BCUT2D eigenvalue weighted by atomic mass is 10.2. The van der Waals surface area contributed by atoms with E-state index in [9.17, 15) is 31.5 Å². The van der Waals surface area contributed by atoms with Crippen molar-refractivity contribution in [2.45, 2.75) is 19.2 Å². The molecule has 4 aromatic heterocycles. The summed E-state index contributed by atoms with van der Waals surface area (Å²) in [4.78, 5) is 38.4. The van der Waals surface area contributed by atoms with E-state index in [0.717, 1.165) is 18.5 Å². The van der Waals surface area contributed by atoms with Crippen molar-refractivity contribution in [3.63, 3.8) is 0 Å². The van der Waals surface area contributed by atoms with E-state index in [1.54, 1.807) is 0 Å². The minimum absolute atomic E-state index is 0.0521. The third-order valence-electron chi connectivity index (χ3n) is 5.03. The van der Waals surface area contributed by atoms with Gasteiger partial charge in [-0.15, -0.1) is 5.10 Å². The fraction of sp³-hybridized carbons (Fsp3) is 0.182. The summed E-state index contributed by atoms with van der Waals surface area (Å²) < 4.78 is 71.4. The SMILES string of the molecule is C[C@@H](OC(=O)Nc1c(-c2ccc(NC(=O)c3cnc(C(F)(F)F)nc3)cn2)nnn1C)c1cc(F)cnc1F. The Morgan fingerprint density at radius 2 is 1.72 bits per heavy atom. The first-order valence-electron chi connectivity index (χ1n) is 10.8. The third-order valence-corrected chi connectivity index (χ3v) is 5.03. The van der Waals surface area contributed by atoms with Crippen molar-refractivity contribution < 1.29 is 36.3 Å². The first-order chi connectivity index (χ1) is 18.4. The molecule has 202 valence electrons. The topological polar surface area (TPSA) is 150 Å². The minimum Gasteiger partial charge on any atom is -0.441 e. The zero-order valence-electron chi connectivity index (χ0n) is 19.9. The molecule has 0 aliphatic carbocycles. The van der Waals surface area contributed by atoms with E-state index in [1.807, 2.05) is 0 Å². The Balaban J connectivity index is 1.43. The van der Waals surface area contributed by atoms with Gasteiger partial charge in [0.25, 0.3) is 5.91 Å². The van der Waals surface area contributed by atoms with Crippen molar-refractivity contribution in [1.82, 2.24) is 34.9 Å². The van der Waals surface area contributed by atoms with Gasteiger partial charge in [0, 0.05) is 19.4 Å². The number of aryl methyl sites for hydroxylation is 1. The zero-order valence-corrected chi connectivity index (χ0v) is 19.9. The fourth-order valence-electron chi connectivity index (χ4n) is 3.15. The van der Waals surface area contributed by atoms with Crippen LogP contribution in [0.25, 0.3) is 11.4 Å². The fourth-order valence-corrected chi connectivity index (χ4v) is 3.15. The number of carbonyl (C=O) groups excluding carboxylic acids is 2. The number of aromatic nitrogens is 7. The van der Waals surface area contributed by atoms with Crippen molar-refractivity contribution >= 4 is 23.5 Å². The molecule has 17 heteroatoms. The number of anilines is 2. The Bertz CT molecular complexity index is 1510. The highest BCUT2D eigenvalue weighted by atomic mass is 19.4. The monoisotopic (exact) mass is 549 g/mol. The molecule has 4 heterocycles. The number of alkyl halides is 3. The molecule has 0 aliphatic rings. The van der Waals surface area contributed by atoms with Crippen LogP contribution in [0.3, 0.4) is 0 Å². The van der Waals surface area contributed by atoms with Crippen LogP contribution in [0, 0.1) is 11.8 Å². The lowest BCUT2D eigenvalue weighted by molar-refractivity contribution is -0.145. The summed E-state index contributed by atoms with van der Waals surface area (Å²) in [6, 6.07) is 3.70. The molecule has 0 fully saturated rings. The quantitative estimate of drug-likeness (QED) is 0.270. The van der Waals surface area contributed by atoms with Crippen LogP contribution >= 0.6 is 0 Å². The molecule has 4 aromatic rings. The van der Waals surface area contributed by atoms with Gasteiger partial charge in [0.05, 0.1) is 34.9 Å². The smallest absolute Gasteiger partial charge is 0.441 e. The van der Waals surface area contributed by atoms with Crippen LogP contribution in [0.4, 0.5) is 38.3 Å². The molecule has 0 unspecified atom stereocenters. The maximum absolute atomic E-state index is 13.9. The Labute approximate surface area is 215 Å². The van der Waals surface area contributed by atoms with E-state index >= 15 is 0 Å². The number of halogens is 5. The molecule has 2 amide bonds. The van der Waals surface area contributed by atoms with Crippen LogP contribution in [0.1, 0.15) is 34.8 Å². The lowest BCUT2D eigenvalue weighted by Crippen LogP contribution is -2.19. The van der Waals surface area contributed by atoms with E-state index in [4.69, 9.17) is 4.74 Å². The molecule has 0 aliphatic heterocycles. The van der Waals surface area contributed by atoms with Crippen LogP contribution in [0.15, 0.2) is 43.0 Å². The van der Waals surface area contributed by atoms with Crippen molar-refractivity contribution in [3.8, 4) is 11.4 Å². The van der Waals surface area contributed by atoms with Gasteiger partial charge in [-0.05, 0) is 25.1 Å². The number of carbonyl (C=O) groups is 2. The standard InChI is InChI=1S/C22H16F5N9O3/c1-10(14-5-12(23)8-29-17(14)24)39-21(38)33-18-16(34-35-36(18)2)15-4-3-13(9-28-15)32-19(37)11-6-30-20(31-7-11)22(25,26)27/h3-10H,1-2H3,(H,32,37)(H,33,38)/t10-/m1/s1. The normalized spacial score (nSPS) is 12.1. The molecule has 0 spiro atoms. The largest absolute Gasteiger partial charge is 0.451 e. The van der Waals surface area contributed by atoms with E-state index in [-0.39, 0.29) is 34.0 Å². The highest BCUT2D eigenvalue weighted by Gasteiger charge is 2.34. The molecule has 1 atom stereocenters. The second-order valence-electron chi connectivity index (χ2n) is 7.80. The molecule has 39 heavy (non-hydrogen) atoms. The predicted molar refractivity (Wildman–Crippen MR) is 122 cm³/mol. The van der Waals surface area contributed by atoms with Crippen LogP contribution in [-0.2, 0) is 18.0 Å². The van der Waals surface area contributed by atoms with E-state index in [0.29, 0.717) is 6.20 Å². The van der Waals surface area contributed by atoms with Gasteiger partial charge in [-0.1, -0.05) is 5.21 Å². The highest BCUT2D eigenvalue weighted by molar-refractivity contribution is 6.03. The summed E-state index contributed by atoms with van der Waals surface area (Å²) in [5, 5.41) is 12.6. The Hall–Kier alpha value is -5.09. The van der Waals surface area contributed by atoms with Crippen molar-refractivity contribution in [3.05, 3.63) is 71.7 Å². The first kappa shape index (κ1) is 27.0. The average Bonchev–Trinajstić information content (AvgIpc) is 3.25. The van der Waals surface area contributed by atoms with E-state index in [1.165, 1.54) is 37.0 Å². The number of amides is 2. The van der Waals surface area contributed by atoms with E-state index < -0.39 is 41.9 Å². The van der Waals surface area contributed by atoms with Crippen LogP contribution in [-0.4, -0.2) is 46.9 Å². The maximum Gasteiger partial charge on any atom is 0.451 e. The lowest BCUT2D eigenvalue weighted by Gasteiger charge is -2.15. The second kappa shape index (κ2) is 10.7. The van der Waals surface area contributed by atoms with Crippen molar-refractivity contribution in [1.29, 1.82) is 0 Å². The summed E-state index contributed by atoms with van der Waals surface area (Å²) in [5.41, 5.74) is 0.0169. The number of nitrogens with one attached hydrogen (secondary N) is 2. The van der Waals surface area contributed by atoms with Gasteiger partial charge in [-0.2, -0.15) is 17.6 Å². The summed E-state index contributed by atoms with van der Waals surface area (Å²) in [7, 11) is 1.46. The third kappa shape index (κ3) is 6.25. The Morgan fingerprint density at radius 3 is 2.36 bits per heavy atom. The van der Waals surface area contributed by atoms with Gasteiger partial charge >= 0.3 is 12.3 Å². The van der Waals surface area contributed by atoms with Gasteiger partial charge < -0.3 is 10.1 Å². The number of nitrogens with zero attached hydrogens (tertiary/aromatic N) is 7. The zero-order chi connectivity index (χ0) is 28.3. The predicted octanol–water partition coefficient (Wildman–Crippen LogP) is 3.92. The molecule has 4 rings (SSSR count). The van der Waals surface area contributed by atoms with Crippen LogP contribution in [0.2, 0.25) is 0 Å². The van der Waals surface area contributed by atoms with Gasteiger partial charge in [-0.25, -0.2) is 28.8 Å². The van der Waals surface area contributed by atoms with E-state index in [2.05, 4.69) is 40.9 Å². The molecule has 12 nitrogen and oxygen atoms in total. The highest BCUT2D eigenvalue weighted by Crippen LogP contribution is 2.27. The van der Waals surface area contributed by atoms with Crippen LogP contribution in [0.5, 0.6) is 0 Å². The molecular formula is C22H16F5N9O3. The molecule has 0 saturated heterocycles.